The highest BCUT2D eigenvalue weighted by molar-refractivity contribution is 9.10. The number of carbonyl (C=O) groups excluding carboxylic acids is 1. The van der Waals surface area contributed by atoms with Gasteiger partial charge in [-0.2, -0.15) is 10.1 Å². The molecule has 3 aromatic rings. The fraction of sp³-hybridized carbons (Fsp3) is 0.150. The van der Waals surface area contributed by atoms with Crippen LogP contribution in [0.15, 0.2) is 76.7 Å². The number of hydrogen-bond donors (Lipinski definition) is 1. The fourth-order valence-electron chi connectivity index (χ4n) is 3.14. The summed E-state index contributed by atoms with van der Waals surface area (Å²) >= 11 is 3.50. The molecule has 1 aliphatic heterocycles. The second-order valence-corrected chi connectivity index (χ2v) is 7.13. The number of nitrogens with one attached hydrogen (secondary N) is 1. The summed E-state index contributed by atoms with van der Waals surface area (Å²) in [5.74, 6) is 0.215. The number of carbonyl (C=O) groups is 1. The minimum absolute atomic E-state index is 0.214. The summed E-state index contributed by atoms with van der Waals surface area (Å²) < 4.78 is 8.23. The largest absolute Gasteiger partial charge is 0.457 e. The molecular formula is C20H17BrN4O2. The van der Waals surface area contributed by atoms with E-state index < -0.39 is 6.04 Å². The van der Waals surface area contributed by atoms with Crippen LogP contribution in [0, 0.1) is 0 Å². The highest BCUT2D eigenvalue weighted by atomic mass is 79.9. The fourth-order valence-corrected chi connectivity index (χ4v) is 3.56. The van der Waals surface area contributed by atoms with E-state index in [1.165, 1.54) is 6.33 Å². The third kappa shape index (κ3) is 3.50. The number of rotatable bonds is 4. The second kappa shape index (κ2) is 7.36. The highest BCUT2D eigenvalue weighted by Crippen LogP contribution is 2.36. The molecule has 7 heteroatoms. The third-order valence-corrected chi connectivity index (χ3v) is 4.88. The maximum Gasteiger partial charge on any atom is 0.338 e. The Morgan fingerprint density at radius 2 is 2.04 bits per heavy atom. The first-order valence-electron chi connectivity index (χ1n) is 8.47. The van der Waals surface area contributed by atoms with Gasteiger partial charge in [-0.25, -0.2) is 9.48 Å². The number of esters is 1. The standard InChI is InChI=1S/C20H17BrN4O2/c1-13-17(19(26)27-11-14-6-3-2-4-7-14)18(15-8-5-9-16(21)10-15)25-20(24-13)22-12-23-25/h2-10,12,18H,11H2,1H3,(H,22,23,24). The van der Waals surface area contributed by atoms with Gasteiger partial charge in [0.1, 0.15) is 19.0 Å². The van der Waals surface area contributed by atoms with Crippen LogP contribution in [-0.2, 0) is 16.1 Å². The van der Waals surface area contributed by atoms with E-state index in [0.717, 1.165) is 15.6 Å². The highest BCUT2D eigenvalue weighted by Gasteiger charge is 2.34. The van der Waals surface area contributed by atoms with E-state index in [2.05, 4.69) is 31.3 Å². The molecule has 1 N–H and O–H groups in total. The van der Waals surface area contributed by atoms with Crippen LogP contribution in [-0.4, -0.2) is 20.7 Å². The van der Waals surface area contributed by atoms with Gasteiger partial charge in [0.15, 0.2) is 0 Å². The van der Waals surface area contributed by atoms with Gasteiger partial charge in [-0.05, 0) is 30.2 Å². The van der Waals surface area contributed by atoms with E-state index in [-0.39, 0.29) is 12.6 Å². The molecule has 2 aromatic carbocycles. The number of ether oxygens (including phenoxy) is 1. The first-order chi connectivity index (χ1) is 13.1. The lowest BCUT2D eigenvalue weighted by molar-refractivity contribution is -0.140. The molecule has 0 fully saturated rings. The van der Waals surface area contributed by atoms with E-state index in [0.29, 0.717) is 17.2 Å². The molecule has 6 nitrogen and oxygen atoms in total. The molecule has 0 saturated heterocycles. The van der Waals surface area contributed by atoms with Crippen LogP contribution < -0.4 is 5.32 Å². The molecule has 0 saturated carbocycles. The van der Waals surface area contributed by atoms with Crippen molar-refractivity contribution in [3.8, 4) is 0 Å². The van der Waals surface area contributed by atoms with Crippen LogP contribution in [0.1, 0.15) is 24.1 Å². The quantitative estimate of drug-likeness (QED) is 0.639. The monoisotopic (exact) mass is 424 g/mol. The predicted molar refractivity (Wildman–Crippen MR) is 105 cm³/mol. The molecular weight excluding hydrogens is 408 g/mol. The summed E-state index contributed by atoms with van der Waals surface area (Å²) in [6, 6.07) is 17.0. The lowest BCUT2D eigenvalue weighted by Gasteiger charge is -2.28. The van der Waals surface area contributed by atoms with Crippen LogP contribution in [0.5, 0.6) is 0 Å². The molecule has 0 amide bonds. The van der Waals surface area contributed by atoms with Crippen molar-refractivity contribution in [1.82, 2.24) is 14.8 Å². The summed E-state index contributed by atoms with van der Waals surface area (Å²) in [7, 11) is 0. The summed E-state index contributed by atoms with van der Waals surface area (Å²) in [5.41, 5.74) is 3.08. The van der Waals surface area contributed by atoms with Gasteiger partial charge in [-0.15, -0.1) is 0 Å². The minimum Gasteiger partial charge on any atom is -0.457 e. The molecule has 27 heavy (non-hydrogen) atoms. The van der Waals surface area contributed by atoms with E-state index in [4.69, 9.17) is 4.74 Å². The van der Waals surface area contributed by atoms with Crippen molar-refractivity contribution >= 4 is 27.8 Å². The molecule has 1 aromatic heterocycles. The predicted octanol–water partition coefficient (Wildman–Crippen LogP) is 4.07. The Labute approximate surface area is 165 Å². The number of halogens is 1. The van der Waals surface area contributed by atoms with Crippen molar-refractivity contribution in [3.63, 3.8) is 0 Å². The van der Waals surface area contributed by atoms with E-state index in [9.17, 15) is 4.79 Å². The summed E-state index contributed by atoms with van der Waals surface area (Å²) in [6.07, 6.45) is 1.47. The molecule has 1 aliphatic rings. The number of allylic oxidation sites excluding steroid dienone is 1. The van der Waals surface area contributed by atoms with Crippen molar-refractivity contribution in [1.29, 1.82) is 0 Å². The average Bonchev–Trinajstić information content (AvgIpc) is 3.13. The SMILES string of the molecule is CC1=C(C(=O)OCc2ccccc2)C(c2cccc(Br)c2)n2ncnc2N1. The maximum absolute atomic E-state index is 13.0. The zero-order valence-electron chi connectivity index (χ0n) is 14.6. The zero-order chi connectivity index (χ0) is 18.8. The van der Waals surface area contributed by atoms with Crippen molar-refractivity contribution in [3.05, 3.63) is 87.8 Å². The molecule has 0 spiro atoms. The Kier molecular flexibility index (Phi) is 4.77. The van der Waals surface area contributed by atoms with E-state index >= 15 is 0 Å². The Bertz CT molecular complexity index is 1010. The minimum atomic E-state index is -0.412. The first-order valence-corrected chi connectivity index (χ1v) is 9.26. The Morgan fingerprint density at radius 3 is 2.81 bits per heavy atom. The molecule has 1 unspecified atom stereocenters. The van der Waals surface area contributed by atoms with E-state index in [1.54, 1.807) is 4.68 Å². The summed E-state index contributed by atoms with van der Waals surface area (Å²) in [5, 5.41) is 7.46. The summed E-state index contributed by atoms with van der Waals surface area (Å²) in [4.78, 5) is 17.2. The van der Waals surface area contributed by atoms with Crippen LogP contribution in [0.4, 0.5) is 5.95 Å². The molecule has 1 atom stereocenters. The smallest absolute Gasteiger partial charge is 0.338 e. The number of nitrogens with zero attached hydrogens (tertiary/aromatic N) is 3. The molecule has 0 aliphatic carbocycles. The Hall–Kier alpha value is -2.93. The summed E-state index contributed by atoms with van der Waals surface area (Å²) in [6.45, 7) is 2.06. The number of benzene rings is 2. The molecule has 2 heterocycles. The van der Waals surface area contributed by atoms with Gasteiger partial charge in [0.25, 0.3) is 0 Å². The van der Waals surface area contributed by atoms with Gasteiger partial charge in [-0.1, -0.05) is 58.4 Å². The lowest BCUT2D eigenvalue weighted by Crippen LogP contribution is -2.29. The van der Waals surface area contributed by atoms with Gasteiger partial charge >= 0.3 is 5.97 Å². The van der Waals surface area contributed by atoms with Crippen molar-refractivity contribution in [2.75, 3.05) is 5.32 Å². The Balaban J connectivity index is 1.69. The molecule has 136 valence electrons. The average molecular weight is 425 g/mol. The molecule has 4 rings (SSSR count). The normalized spacial score (nSPS) is 15.9. The number of anilines is 1. The second-order valence-electron chi connectivity index (χ2n) is 6.21. The number of aromatic nitrogens is 3. The van der Waals surface area contributed by atoms with Crippen molar-refractivity contribution in [2.24, 2.45) is 0 Å². The zero-order valence-corrected chi connectivity index (χ0v) is 16.2. The van der Waals surface area contributed by atoms with E-state index in [1.807, 2.05) is 61.5 Å². The number of hydrogen-bond acceptors (Lipinski definition) is 5. The van der Waals surface area contributed by atoms with Gasteiger partial charge in [0.05, 0.1) is 5.57 Å². The third-order valence-electron chi connectivity index (χ3n) is 4.39. The van der Waals surface area contributed by atoms with Gasteiger partial charge in [-0.3, -0.25) is 0 Å². The number of fused-ring (bicyclic) bond motifs is 1. The first kappa shape index (κ1) is 17.5. The van der Waals surface area contributed by atoms with Crippen LogP contribution in [0.3, 0.4) is 0 Å². The van der Waals surface area contributed by atoms with Gasteiger partial charge < -0.3 is 10.1 Å². The van der Waals surface area contributed by atoms with Crippen molar-refractivity contribution < 1.29 is 9.53 Å². The molecule has 0 radical (unpaired) electrons. The molecule has 0 bridgehead atoms. The van der Waals surface area contributed by atoms with Crippen molar-refractivity contribution in [2.45, 2.75) is 19.6 Å². The van der Waals surface area contributed by atoms with Crippen LogP contribution >= 0.6 is 15.9 Å². The van der Waals surface area contributed by atoms with Gasteiger partial charge in [0.2, 0.25) is 5.95 Å². The maximum atomic E-state index is 13.0. The van der Waals surface area contributed by atoms with Crippen LogP contribution in [0.2, 0.25) is 0 Å². The lowest BCUT2D eigenvalue weighted by atomic mass is 9.96. The van der Waals surface area contributed by atoms with Gasteiger partial charge in [0, 0.05) is 10.2 Å². The van der Waals surface area contributed by atoms with Crippen LogP contribution in [0.25, 0.3) is 0 Å². The topological polar surface area (TPSA) is 69.0 Å². The Morgan fingerprint density at radius 1 is 1.22 bits per heavy atom.